The van der Waals surface area contributed by atoms with Crippen LogP contribution in [0.4, 0.5) is 4.79 Å². The lowest BCUT2D eigenvalue weighted by atomic mass is 9.72. The number of rotatable bonds is 1. The molecule has 0 bridgehead atoms. The van der Waals surface area contributed by atoms with E-state index in [-0.39, 0.29) is 6.03 Å². The Morgan fingerprint density at radius 2 is 1.78 bits per heavy atom. The average molecular weight is 251 g/mol. The van der Waals surface area contributed by atoms with E-state index >= 15 is 0 Å². The van der Waals surface area contributed by atoms with Gasteiger partial charge in [-0.1, -0.05) is 19.3 Å². The predicted octanol–water partition coefficient (Wildman–Crippen LogP) is 1.71. The highest BCUT2D eigenvalue weighted by atomic mass is 16.2. The predicted molar refractivity (Wildman–Crippen MR) is 71.5 cm³/mol. The fourth-order valence-electron chi connectivity index (χ4n) is 3.69. The third-order valence-electron chi connectivity index (χ3n) is 4.94. The van der Waals surface area contributed by atoms with Gasteiger partial charge in [0.1, 0.15) is 0 Å². The number of nitrogens with one attached hydrogen (secondary N) is 2. The van der Waals surface area contributed by atoms with Crippen LogP contribution in [-0.4, -0.2) is 43.2 Å². The maximum Gasteiger partial charge on any atom is 0.317 e. The number of likely N-dealkylation sites (tertiary alicyclic amines) is 1. The molecular weight excluding hydrogens is 226 g/mol. The zero-order valence-electron chi connectivity index (χ0n) is 11.2. The molecule has 0 aromatic rings. The molecule has 2 heterocycles. The van der Waals surface area contributed by atoms with Gasteiger partial charge in [-0.25, -0.2) is 4.79 Å². The van der Waals surface area contributed by atoms with Crippen LogP contribution >= 0.6 is 0 Å². The molecule has 2 aliphatic heterocycles. The largest absolute Gasteiger partial charge is 0.335 e. The summed E-state index contributed by atoms with van der Waals surface area (Å²) in [4.78, 5) is 14.1. The van der Waals surface area contributed by atoms with E-state index in [9.17, 15) is 4.79 Å². The summed E-state index contributed by atoms with van der Waals surface area (Å²) >= 11 is 0. The number of carbonyl (C=O) groups excluding carboxylic acids is 1. The Labute approximate surface area is 109 Å². The lowest BCUT2D eigenvalue weighted by molar-refractivity contribution is 0.00520. The van der Waals surface area contributed by atoms with Gasteiger partial charge in [-0.15, -0.1) is 0 Å². The third kappa shape index (κ3) is 2.48. The smallest absolute Gasteiger partial charge is 0.317 e. The number of piperidine rings is 1. The summed E-state index contributed by atoms with van der Waals surface area (Å²) < 4.78 is 0. The molecule has 2 saturated heterocycles. The molecule has 0 aromatic heterocycles. The number of nitrogens with zero attached hydrogens (tertiary/aromatic N) is 1. The van der Waals surface area contributed by atoms with Gasteiger partial charge in [0.2, 0.25) is 0 Å². The second-order valence-electron chi connectivity index (χ2n) is 6.39. The molecule has 1 aliphatic carbocycles. The summed E-state index contributed by atoms with van der Waals surface area (Å²) in [6.07, 6.45) is 8.72. The number of carbonyl (C=O) groups is 1. The van der Waals surface area contributed by atoms with E-state index in [0.29, 0.717) is 11.5 Å². The fraction of sp³-hybridized carbons (Fsp3) is 0.929. The molecule has 1 saturated carbocycles. The first kappa shape index (κ1) is 12.3. The molecule has 102 valence electrons. The Kier molecular flexibility index (Phi) is 3.46. The van der Waals surface area contributed by atoms with Crippen LogP contribution in [0.1, 0.15) is 44.9 Å². The van der Waals surface area contributed by atoms with E-state index in [1.807, 2.05) is 4.90 Å². The maximum absolute atomic E-state index is 12.1. The number of amides is 2. The van der Waals surface area contributed by atoms with Crippen LogP contribution < -0.4 is 10.6 Å². The van der Waals surface area contributed by atoms with Crippen molar-refractivity contribution in [3.8, 4) is 0 Å². The first-order valence-corrected chi connectivity index (χ1v) is 7.54. The van der Waals surface area contributed by atoms with E-state index < -0.39 is 0 Å². The van der Waals surface area contributed by atoms with Gasteiger partial charge in [-0.05, 0) is 38.8 Å². The molecule has 3 rings (SSSR count). The number of hydrogen-bond acceptors (Lipinski definition) is 2. The first-order chi connectivity index (χ1) is 8.77. The van der Waals surface area contributed by atoms with Crippen LogP contribution in [0.25, 0.3) is 0 Å². The van der Waals surface area contributed by atoms with Gasteiger partial charge in [-0.3, -0.25) is 0 Å². The molecule has 0 aromatic carbocycles. The van der Waals surface area contributed by atoms with Crippen molar-refractivity contribution in [1.29, 1.82) is 0 Å². The van der Waals surface area contributed by atoms with Crippen LogP contribution in [0.5, 0.6) is 0 Å². The van der Waals surface area contributed by atoms with Crippen molar-refractivity contribution < 1.29 is 4.79 Å². The second kappa shape index (κ2) is 5.08. The molecule has 0 atom stereocenters. The minimum atomic E-state index is 0.186. The molecular formula is C14H25N3O. The molecule has 2 amide bonds. The molecule has 3 fully saturated rings. The zero-order chi connectivity index (χ0) is 12.4. The summed E-state index contributed by atoms with van der Waals surface area (Å²) in [5, 5.41) is 6.61. The molecule has 4 nitrogen and oxygen atoms in total. The molecule has 3 aliphatic rings. The maximum atomic E-state index is 12.1. The van der Waals surface area contributed by atoms with Crippen LogP contribution in [0, 0.1) is 5.41 Å². The summed E-state index contributed by atoms with van der Waals surface area (Å²) in [6.45, 7) is 4.20. The van der Waals surface area contributed by atoms with Crippen molar-refractivity contribution in [2.45, 2.75) is 51.0 Å². The van der Waals surface area contributed by atoms with Gasteiger partial charge in [0.25, 0.3) is 0 Å². The zero-order valence-corrected chi connectivity index (χ0v) is 11.2. The van der Waals surface area contributed by atoms with Crippen molar-refractivity contribution >= 4 is 6.03 Å². The molecule has 0 radical (unpaired) electrons. The van der Waals surface area contributed by atoms with E-state index in [0.717, 1.165) is 26.2 Å². The normalized spacial score (nSPS) is 27.9. The van der Waals surface area contributed by atoms with Crippen molar-refractivity contribution in [1.82, 2.24) is 15.5 Å². The Balaban J connectivity index is 1.44. The second-order valence-corrected chi connectivity index (χ2v) is 6.39. The van der Waals surface area contributed by atoms with E-state index in [1.165, 1.54) is 44.9 Å². The highest BCUT2D eigenvalue weighted by Gasteiger charge is 2.45. The van der Waals surface area contributed by atoms with Crippen LogP contribution in [-0.2, 0) is 0 Å². The van der Waals surface area contributed by atoms with Gasteiger partial charge in [0.05, 0.1) is 0 Å². The van der Waals surface area contributed by atoms with Crippen LogP contribution in [0.2, 0.25) is 0 Å². The van der Waals surface area contributed by atoms with Crippen molar-refractivity contribution in [3.63, 3.8) is 0 Å². The third-order valence-corrected chi connectivity index (χ3v) is 4.94. The Hall–Kier alpha value is -0.770. The molecule has 2 N–H and O–H groups in total. The summed E-state index contributed by atoms with van der Waals surface area (Å²) in [6, 6.07) is 0.627. The van der Waals surface area contributed by atoms with Gasteiger partial charge in [0.15, 0.2) is 0 Å². The Bertz CT molecular complexity index is 298. The van der Waals surface area contributed by atoms with Gasteiger partial charge in [-0.2, -0.15) is 0 Å². The summed E-state index contributed by atoms with van der Waals surface area (Å²) in [5.74, 6) is 0. The van der Waals surface area contributed by atoms with Crippen LogP contribution in [0.15, 0.2) is 0 Å². The summed E-state index contributed by atoms with van der Waals surface area (Å²) in [7, 11) is 0. The lowest BCUT2D eigenvalue weighted by Crippen LogP contribution is -2.64. The van der Waals surface area contributed by atoms with Gasteiger partial charge < -0.3 is 15.5 Å². The van der Waals surface area contributed by atoms with Crippen molar-refractivity contribution in [2.75, 3.05) is 26.2 Å². The minimum absolute atomic E-state index is 0.186. The molecule has 18 heavy (non-hydrogen) atoms. The molecule has 4 heteroatoms. The highest BCUT2D eigenvalue weighted by molar-refractivity contribution is 5.75. The Morgan fingerprint density at radius 1 is 1.11 bits per heavy atom. The topological polar surface area (TPSA) is 44.4 Å². The fourth-order valence-corrected chi connectivity index (χ4v) is 3.69. The SMILES string of the molecule is O=C(NC1CCCCC1)N1CC2(CCNCC2)C1. The lowest BCUT2D eigenvalue weighted by Gasteiger charge is -2.52. The highest BCUT2D eigenvalue weighted by Crippen LogP contribution is 2.38. The van der Waals surface area contributed by atoms with Gasteiger partial charge >= 0.3 is 6.03 Å². The van der Waals surface area contributed by atoms with Gasteiger partial charge in [0, 0.05) is 24.5 Å². The summed E-state index contributed by atoms with van der Waals surface area (Å²) in [5.41, 5.74) is 0.454. The van der Waals surface area contributed by atoms with E-state index in [1.54, 1.807) is 0 Å². The Morgan fingerprint density at radius 3 is 2.44 bits per heavy atom. The minimum Gasteiger partial charge on any atom is -0.335 e. The average Bonchev–Trinajstić information content (AvgIpc) is 2.38. The first-order valence-electron chi connectivity index (χ1n) is 7.54. The number of hydrogen-bond donors (Lipinski definition) is 2. The molecule has 0 unspecified atom stereocenters. The van der Waals surface area contributed by atoms with Crippen LogP contribution in [0.3, 0.4) is 0 Å². The monoisotopic (exact) mass is 251 g/mol. The molecule has 1 spiro atoms. The standard InChI is InChI=1S/C14H25N3O/c18-13(16-12-4-2-1-3-5-12)17-10-14(11-17)6-8-15-9-7-14/h12,15H,1-11H2,(H,16,18). The number of urea groups is 1. The van der Waals surface area contributed by atoms with E-state index in [2.05, 4.69) is 10.6 Å². The van der Waals surface area contributed by atoms with Crippen molar-refractivity contribution in [3.05, 3.63) is 0 Å². The van der Waals surface area contributed by atoms with E-state index in [4.69, 9.17) is 0 Å². The quantitative estimate of drug-likeness (QED) is 0.745. The van der Waals surface area contributed by atoms with Crippen molar-refractivity contribution in [2.24, 2.45) is 5.41 Å².